The van der Waals surface area contributed by atoms with Crippen molar-refractivity contribution < 1.29 is 14.3 Å². The molecule has 6 nitrogen and oxygen atoms in total. The van der Waals surface area contributed by atoms with Crippen LogP contribution in [0.25, 0.3) is 0 Å². The van der Waals surface area contributed by atoms with Gasteiger partial charge in [0, 0.05) is 32.4 Å². The fraction of sp³-hybridized carbons (Fsp3) is 0.545. The monoisotopic (exact) mass is 271 g/mol. The molecule has 1 amide bonds. The van der Waals surface area contributed by atoms with Crippen molar-refractivity contribution in [1.29, 1.82) is 0 Å². The predicted octanol–water partition coefficient (Wildman–Crippen LogP) is 0.749. The number of esters is 1. The summed E-state index contributed by atoms with van der Waals surface area (Å²) in [5.74, 6) is -0.247. The highest BCUT2D eigenvalue weighted by Crippen LogP contribution is 2.15. The van der Waals surface area contributed by atoms with Gasteiger partial charge in [-0.2, -0.15) is 0 Å². The number of carbonyl (C=O) groups is 2. The van der Waals surface area contributed by atoms with Crippen molar-refractivity contribution in [3.05, 3.63) is 11.1 Å². The SMILES string of the molecule is COC(=O)Cc1csc(NCCC(=O)N(C)C)n1. The highest BCUT2D eigenvalue weighted by molar-refractivity contribution is 7.13. The number of hydrogen-bond donors (Lipinski definition) is 1. The summed E-state index contributed by atoms with van der Waals surface area (Å²) in [5, 5.41) is 5.56. The Morgan fingerprint density at radius 3 is 2.83 bits per heavy atom. The summed E-state index contributed by atoms with van der Waals surface area (Å²) in [5.41, 5.74) is 0.674. The Hall–Kier alpha value is -1.63. The number of aromatic nitrogens is 1. The number of anilines is 1. The first-order valence-electron chi connectivity index (χ1n) is 5.48. The Morgan fingerprint density at radius 1 is 1.50 bits per heavy atom. The number of carbonyl (C=O) groups excluding carboxylic acids is 2. The second-order valence-electron chi connectivity index (χ2n) is 3.86. The van der Waals surface area contributed by atoms with Crippen molar-refractivity contribution in [2.24, 2.45) is 0 Å². The quantitative estimate of drug-likeness (QED) is 0.773. The van der Waals surface area contributed by atoms with E-state index in [1.807, 2.05) is 0 Å². The van der Waals surface area contributed by atoms with Gasteiger partial charge in [-0.25, -0.2) is 4.98 Å². The molecular weight excluding hydrogens is 254 g/mol. The third-order valence-corrected chi connectivity index (χ3v) is 3.07. The van der Waals surface area contributed by atoms with Crippen LogP contribution in [-0.4, -0.2) is 49.5 Å². The second-order valence-corrected chi connectivity index (χ2v) is 4.72. The van der Waals surface area contributed by atoms with Gasteiger partial charge < -0.3 is 15.0 Å². The average molecular weight is 271 g/mol. The molecule has 0 aromatic carbocycles. The van der Waals surface area contributed by atoms with E-state index in [9.17, 15) is 9.59 Å². The molecule has 0 unspecified atom stereocenters. The number of thiazole rings is 1. The van der Waals surface area contributed by atoms with Crippen molar-refractivity contribution >= 4 is 28.3 Å². The van der Waals surface area contributed by atoms with Gasteiger partial charge >= 0.3 is 5.97 Å². The predicted molar refractivity (Wildman–Crippen MR) is 69.6 cm³/mol. The molecule has 1 rings (SSSR count). The minimum Gasteiger partial charge on any atom is -0.469 e. The van der Waals surface area contributed by atoms with E-state index in [1.54, 1.807) is 24.4 Å². The Labute approximate surface area is 110 Å². The lowest BCUT2D eigenvalue weighted by molar-refractivity contribution is -0.139. The van der Waals surface area contributed by atoms with Crippen molar-refractivity contribution in [3.63, 3.8) is 0 Å². The van der Waals surface area contributed by atoms with Crippen LogP contribution in [-0.2, 0) is 20.7 Å². The van der Waals surface area contributed by atoms with E-state index in [2.05, 4.69) is 15.0 Å². The molecule has 100 valence electrons. The highest BCUT2D eigenvalue weighted by atomic mass is 32.1. The minimum absolute atomic E-state index is 0.0637. The summed E-state index contributed by atoms with van der Waals surface area (Å²) in [6, 6.07) is 0. The lowest BCUT2D eigenvalue weighted by atomic mass is 10.3. The lowest BCUT2D eigenvalue weighted by Gasteiger charge is -2.09. The van der Waals surface area contributed by atoms with Crippen molar-refractivity contribution in [2.45, 2.75) is 12.8 Å². The van der Waals surface area contributed by atoms with Crippen LogP contribution >= 0.6 is 11.3 Å². The molecule has 0 aliphatic carbocycles. The number of rotatable bonds is 6. The molecule has 18 heavy (non-hydrogen) atoms. The molecule has 1 aromatic rings. The maximum absolute atomic E-state index is 11.3. The minimum atomic E-state index is -0.311. The summed E-state index contributed by atoms with van der Waals surface area (Å²) in [7, 11) is 4.79. The zero-order valence-electron chi connectivity index (χ0n) is 10.7. The van der Waals surface area contributed by atoms with Crippen molar-refractivity contribution in [3.8, 4) is 0 Å². The molecule has 0 saturated heterocycles. The lowest BCUT2D eigenvalue weighted by Crippen LogP contribution is -2.23. The van der Waals surface area contributed by atoms with Crippen LogP contribution in [0.2, 0.25) is 0 Å². The third-order valence-electron chi connectivity index (χ3n) is 2.22. The molecule has 0 saturated carbocycles. The Morgan fingerprint density at radius 2 is 2.22 bits per heavy atom. The number of nitrogens with zero attached hydrogens (tertiary/aromatic N) is 2. The van der Waals surface area contributed by atoms with Gasteiger partial charge in [0.1, 0.15) is 0 Å². The molecule has 7 heteroatoms. The Balaban J connectivity index is 2.35. The fourth-order valence-corrected chi connectivity index (χ4v) is 1.93. The maximum Gasteiger partial charge on any atom is 0.311 e. The smallest absolute Gasteiger partial charge is 0.311 e. The third kappa shape index (κ3) is 4.70. The number of ether oxygens (including phenoxy) is 1. The van der Waals surface area contributed by atoms with Crippen LogP contribution in [0, 0.1) is 0 Å². The van der Waals surface area contributed by atoms with Crippen LogP contribution < -0.4 is 5.32 Å². The van der Waals surface area contributed by atoms with Crippen LogP contribution in [0.15, 0.2) is 5.38 Å². The molecular formula is C11H17N3O3S. The topological polar surface area (TPSA) is 71.5 Å². The van der Waals surface area contributed by atoms with Gasteiger partial charge in [-0.1, -0.05) is 0 Å². The number of methoxy groups -OCH3 is 1. The summed E-state index contributed by atoms with van der Waals surface area (Å²) in [6.45, 7) is 0.530. The van der Waals surface area contributed by atoms with Gasteiger partial charge in [-0.3, -0.25) is 9.59 Å². The fourth-order valence-electron chi connectivity index (χ4n) is 1.19. The first-order chi connectivity index (χ1) is 8.52. The Kier molecular flexibility index (Phi) is 5.57. The van der Waals surface area contributed by atoms with E-state index < -0.39 is 0 Å². The summed E-state index contributed by atoms with van der Waals surface area (Å²) >= 11 is 1.41. The molecule has 0 spiro atoms. The number of amides is 1. The van der Waals surface area contributed by atoms with Crippen LogP contribution in [0.5, 0.6) is 0 Å². The molecule has 0 fully saturated rings. The zero-order chi connectivity index (χ0) is 13.5. The first kappa shape index (κ1) is 14.4. The van der Waals surface area contributed by atoms with Crippen molar-refractivity contribution in [2.75, 3.05) is 33.1 Å². The Bertz CT molecular complexity index is 417. The van der Waals surface area contributed by atoms with Crippen molar-refractivity contribution in [1.82, 2.24) is 9.88 Å². The largest absolute Gasteiger partial charge is 0.469 e. The maximum atomic E-state index is 11.3. The molecule has 1 aromatic heterocycles. The van der Waals surface area contributed by atoms with Gasteiger partial charge in [0.15, 0.2) is 5.13 Å². The van der Waals surface area contributed by atoms with Crippen LogP contribution in [0.4, 0.5) is 5.13 Å². The van der Waals surface area contributed by atoms with Gasteiger partial charge in [0.2, 0.25) is 5.91 Å². The molecule has 0 aliphatic rings. The average Bonchev–Trinajstić information content (AvgIpc) is 2.76. The zero-order valence-corrected chi connectivity index (χ0v) is 11.5. The van der Waals surface area contributed by atoms with E-state index in [0.717, 1.165) is 0 Å². The van der Waals surface area contributed by atoms with Gasteiger partial charge in [-0.05, 0) is 0 Å². The normalized spacial score (nSPS) is 9.94. The van der Waals surface area contributed by atoms with Crippen LogP contribution in [0.1, 0.15) is 12.1 Å². The summed E-state index contributed by atoms with van der Waals surface area (Å²) in [4.78, 5) is 28.1. The standard InChI is InChI=1S/C11H17N3O3S/c1-14(2)9(15)4-5-12-11-13-8(7-18-11)6-10(16)17-3/h7H,4-6H2,1-3H3,(H,12,13). The summed E-state index contributed by atoms with van der Waals surface area (Å²) < 4.78 is 4.56. The van der Waals surface area contributed by atoms with E-state index >= 15 is 0 Å². The van der Waals surface area contributed by atoms with Gasteiger partial charge in [0.25, 0.3) is 0 Å². The van der Waals surface area contributed by atoms with E-state index in [4.69, 9.17) is 0 Å². The van der Waals surface area contributed by atoms with Gasteiger partial charge in [0.05, 0.1) is 19.2 Å². The molecule has 0 atom stereocenters. The second kappa shape index (κ2) is 6.95. The number of hydrogen-bond acceptors (Lipinski definition) is 6. The first-order valence-corrected chi connectivity index (χ1v) is 6.36. The highest BCUT2D eigenvalue weighted by Gasteiger charge is 2.08. The summed E-state index contributed by atoms with van der Waals surface area (Å²) in [6.07, 6.45) is 0.588. The molecule has 0 bridgehead atoms. The number of nitrogens with one attached hydrogen (secondary N) is 1. The van der Waals surface area contributed by atoms with E-state index in [-0.39, 0.29) is 18.3 Å². The molecule has 1 heterocycles. The molecule has 0 radical (unpaired) electrons. The molecule has 0 aliphatic heterocycles. The molecule has 1 N–H and O–H groups in total. The van der Waals surface area contributed by atoms with Gasteiger partial charge in [-0.15, -0.1) is 11.3 Å². The van der Waals surface area contributed by atoms with E-state index in [0.29, 0.717) is 23.8 Å². The van der Waals surface area contributed by atoms with E-state index in [1.165, 1.54) is 18.4 Å². The van der Waals surface area contributed by atoms with Crippen LogP contribution in [0.3, 0.4) is 0 Å².